The maximum atomic E-state index is 12.2. The number of hydrogen-bond donors (Lipinski definition) is 7. The molecule has 37 nitrogen and oxygen atoms in total. The van der Waals surface area contributed by atoms with E-state index in [1.165, 1.54) is 34.6 Å². The van der Waals surface area contributed by atoms with Crippen LogP contribution in [-0.2, 0) is 110 Å². The summed E-state index contributed by atoms with van der Waals surface area (Å²) < 4.78 is 88.0. The number of nitrogens with zero attached hydrogens (tertiary/aromatic N) is 10. The van der Waals surface area contributed by atoms with Crippen molar-refractivity contribution in [3.63, 3.8) is 0 Å². The van der Waals surface area contributed by atoms with Crippen LogP contribution in [0.25, 0.3) is 43.9 Å². The molecule has 6 aromatic rings. The number of esters is 6. The molecular weight excluding hydrogens is 1640 g/mol. The molecule has 4 heterocycles. The lowest BCUT2D eigenvalue weighted by molar-refractivity contribution is -0.158. The molecule has 6 rings (SSSR count). The van der Waals surface area contributed by atoms with E-state index in [2.05, 4.69) is 121 Å². The topological polar surface area (TPSA) is 500 Å². The first-order valence-electron chi connectivity index (χ1n) is 39.7. The van der Waals surface area contributed by atoms with Gasteiger partial charge in [-0.15, -0.1) is 0 Å². The zero-order valence-electron chi connectivity index (χ0n) is 72.5. The second-order valence-corrected chi connectivity index (χ2v) is 32.5. The van der Waals surface area contributed by atoms with Crippen molar-refractivity contribution in [1.29, 1.82) is 10.5 Å². The molecule has 4 aromatic heterocycles. The van der Waals surface area contributed by atoms with Gasteiger partial charge in [-0.05, 0) is 113 Å². The lowest BCUT2D eigenvalue weighted by Gasteiger charge is -2.45. The first kappa shape index (κ1) is 116. The van der Waals surface area contributed by atoms with Gasteiger partial charge < -0.3 is 92.3 Å². The fourth-order valence-corrected chi connectivity index (χ4v) is 15.6. The van der Waals surface area contributed by atoms with Gasteiger partial charge in [0, 0.05) is 121 Å². The number of carbonyl (C=O) groups is 6. The van der Waals surface area contributed by atoms with Crippen LogP contribution >= 0.6 is 24.8 Å². The molecule has 0 aliphatic heterocycles. The molecule has 2 unspecified atom stereocenters. The second kappa shape index (κ2) is 62.8. The number of anilines is 2. The van der Waals surface area contributed by atoms with Gasteiger partial charge in [-0.2, -0.15) is 10.5 Å². The lowest BCUT2D eigenvalue weighted by Crippen LogP contribution is -2.43. The van der Waals surface area contributed by atoms with Gasteiger partial charge in [-0.25, -0.2) is 38.9 Å². The molecule has 5 atom stereocenters. The number of unbranched alkanes of at least 4 members (excludes halogenated alkanes) is 2. The predicted molar refractivity (Wildman–Crippen MR) is 472 cm³/mol. The molecule has 0 radical (unpaired) electrons. The summed E-state index contributed by atoms with van der Waals surface area (Å²) in [5.74, 6) is 0.509. The quantitative estimate of drug-likeness (QED) is 0.00807. The summed E-state index contributed by atoms with van der Waals surface area (Å²) in [6.07, 6.45) is 5.09. The highest BCUT2D eigenvalue weighted by Crippen LogP contribution is 2.51. The highest BCUT2D eigenvalue weighted by atomic mass is 31.2. The molecule has 0 spiro atoms. The number of aliphatic hydroxyl groups is 3. The number of rotatable bonds is 48. The summed E-state index contributed by atoms with van der Waals surface area (Å²) in [5.41, 5.74) is 17.0. The molecular formula is C82H140N13O24P3. The van der Waals surface area contributed by atoms with Crippen LogP contribution in [0.4, 0.5) is 11.6 Å². The van der Waals surface area contributed by atoms with E-state index >= 15 is 0 Å². The van der Waals surface area contributed by atoms with E-state index in [1.807, 2.05) is 48.7 Å². The summed E-state index contributed by atoms with van der Waals surface area (Å²) in [7, 11) is -6.79. The van der Waals surface area contributed by atoms with Gasteiger partial charge in [0.1, 0.15) is 67.2 Å². The van der Waals surface area contributed by atoms with Crippen molar-refractivity contribution in [2.45, 2.75) is 273 Å². The van der Waals surface area contributed by atoms with Crippen molar-refractivity contribution in [2.24, 2.45) is 0 Å². The normalized spacial score (nSPS) is 12.5. The third-order valence-corrected chi connectivity index (χ3v) is 21.5. The number of aromatic nitrogens is 6. The molecule has 0 aliphatic carbocycles. The largest absolute Gasteiger partial charge is 0.491 e. The average molecular weight is 1790 g/mol. The van der Waals surface area contributed by atoms with Crippen LogP contribution in [0, 0.1) is 22.7 Å². The third-order valence-electron chi connectivity index (χ3n) is 15.9. The minimum Gasteiger partial charge on any atom is -0.491 e. The van der Waals surface area contributed by atoms with Gasteiger partial charge in [0.15, 0.2) is 38.4 Å². The van der Waals surface area contributed by atoms with E-state index in [-0.39, 0.29) is 113 Å². The number of nitrogen functional groups attached to an aromatic ring is 2. The Hall–Kier alpha value is -8.19. The first-order valence-corrected chi connectivity index (χ1v) is 43.6. The molecule has 40 heteroatoms. The number of carbonyl (C=O) groups excluding carboxylic acids is 6. The monoisotopic (exact) mass is 1780 g/mol. The molecule has 692 valence electrons. The average Bonchev–Trinajstić information content (AvgIpc) is 1.61. The molecule has 0 saturated heterocycles. The van der Waals surface area contributed by atoms with Crippen LogP contribution in [0.1, 0.15) is 210 Å². The summed E-state index contributed by atoms with van der Waals surface area (Å²) in [4.78, 5) is 93.1. The Morgan fingerprint density at radius 2 is 0.926 bits per heavy atom. The van der Waals surface area contributed by atoms with E-state index in [0.717, 1.165) is 103 Å². The number of pyridine rings is 2. The number of aryl methyl sites for hydroxylation is 3. The van der Waals surface area contributed by atoms with Gasteiger partial charge in [0.05, 0.1) is 99.9 Å². The highest BCUT2D eigenvalue weighted by molar-refractivity contribution is 7.47. The summed E-state index contributed by atoms with van der Waals surface area (Å²) >= 11 is 0. The van der Waals surface area contributed by atoms with Crippen LogP contribution < -0.4 is 26.0 Å². The van der Waals surface area contributed by atoms with Gasteiger partial charge in [0.2, 0.25) is 0 Å². The Bertz CT molecular complexity index is 4160. The standard InChI is InChI=1S/C25H35N4O10P.C19H26N4O2.C15H32N3OP.C13H23N2O6P.C7H12O5.3CH4/c1-4-5-6-22-28-23-24(29(22)9-10-30)20-8-7-18(13-21(20)27-25(23)26)35-11-12-37-40(33,34)38-15-19(39-17(3)32)14-36-16(2)31;1-3-5-6-16-22-17-18(23(16)9-4-2)14-8-7-13(25-11-10-24)12-15(14)21-19(17)20;1-12(2)17(13(3)4)20(19-11-9-10-16)18(14(5)6)15(7)8;1-10(2)15-22(19-7-5-6-14)20-9-13(21-12(4)17)8-18-11(3)16;1-5(9)11-4-7(3-8)12-6(2)10;;;/h7-8,13,19,30H,4-6,9-12,14-15H2,1-3H3,(H2,26,27)(H,33,34);7-8,12,24H,3-6,9-11H2,1-2H3,(H2,20,21);12-15H,9,11H2,1-8H3;10,13,15H,5,7-9H2,1-4H3;7-8H,3-4H2,1-2H3;3*1H4/t19-;;;13-,22?;7-;;;/m1..10.../s1. The second-order valence-electron chi connectivity index (χ2n) is 28.0. The molecule has 0 saturated carbocycles. The summed E-state index contributed by atoms with van der Waals surface area (Å²) in [6, 6.07) is 16.9. The van der Waals surface area contributed by atoms with Crippen molar-refractivity contribution in [2.75, 3.05) is 97.4 Å². The lowest BCUT2D eigenvalue weighted by atomic mass is 10.1. The fourth-order valence-electron chi connectivity index (χ4n) is 11.3. The number of benzene rings is 2. The molecule has 9 N–H and O–H groups in total. The molecule has 0 bridgehead atoms. The number of imidazole rings is 2. The smallest absolute Gasteiger partial charge is 0.472 e. The Morgan fingerprint density at radius 3 is 1.30 bits per heavy atom. The zero-order chi connectivity index (χ0) is 89.5. The van der Waals surface area contributed by atoms with Crippen molar-refractivity contribution < 1.29 is 114 Å². The SMILES string of the molecule is C.C.C.CC(=O)OC[C@H](CO)OC(C)=O.CC(=O)OC[C@H](COP(NC(C)C)OCCC#N)OC(C)=O.CC(C)N(C(C)C)P(OCCC#N)N(C(C)C)C(C)C.CCCCc1nc2c(N)nc3cc(OCCO)ccc3c2n1CCC.CCCCc1nc2c(N)nc3cc(OCCOP(=O)(O)OC[C@@H](COC(C)=O)OC(C)=O)ccc3c2n1CCO. The number of phosphoric acid groups is 1. The first-order chi connectivity index (χ1) is 56.4. The Kier molecular flexibility index (Phi) is 59.7. The van der Waals surface area contributed by atoms with Crippen molar-refractivity contribution in [3.8, 4) is 23.6 Å². The number of hydrogen-bond acceptors (Lipinski definition) is 34. The number of nitrogens with one attached hydrogen (secondary N) is 1. The number of fused-ring (bicyclic) bond motifs is 6. The summed E-state index contributed by atoms with van der Waals surface area (Å²) in [5, 5.41) is 49.3. The Balaban J connectivity index is 0. The van der Waals surface area contributed by atoms with Gasteiger partial charge in [0.25, 0.3) is 8.53 Å². The number of nitrogens with two attached hydrogens (primary N) is 2. The van der Waals surface area contributed by atoms with Gasteiger partial charge >= 0.3 is 43.6 Å². The van der Waals surface area contributed by atoms with Crippen LogP contribution in [-0.4, -0.2) is 229 Å². The van der Waals surface area contributed by atoms with Crippen molar-refractivity contribution in [1.82, 2.24) is 43.5 Å². The number of aliphatic hydroxyl groups excluding tert-OH is 3. The zero-order valence-corrected chi connectivity index (χ0v) is 75.2. The maximum absolute atomic E-state index is 12.2. The van der Waals surface area contributed by atoms with E-state index in [9.17, 15) is 43.3 Å². The fraction of sp³-hybridized carbons (Fsp3) is 0.659. The van der Waals surface area contributed by atoms with Crippen LogP contribution in [0.5, 0.6) is 11.5 Å². The highest BCUT2D eigenvalue weighted by Gasteiger charge is 2.35. The predicted octanol–water partition coefficient (Wildman–Crippen LogP) is 13.2. The molecule has 122 heavy (non-hydrogen) atoms. The third kappa shape index (κ3) is 43.4. The Labute approximate surface area is 723 Å². The van der Waals surface area contributed by atoms with E-state index in [4.69, 9.17) is 93.2 Å². The van der Waals surface area contributed by atoms with Crippen LogP contribution in [0.2, 0.25) is 0 Å². The number of nitriles is 2. The van der Waals surface area contributed by atoms with Crippen molar-refractivity contribution >= 4 is 116 Å². The molecule has 0 amide bonds. The molecule has 0 aliphatic rings. The van der Waals surface area contributed by atoms with Crippen molar-refractivity contribution in [3.05, 3.63) is 48.0 Å². The van der Waals surface area contributed by atoms with E-state index in [1.54, 1.807) is 12.1 Å². The van der Waals surface area contributed by atoms with Crippen LogP contribution in [0.15, 0.2) is 36.4 Å². The van der Waals surface area contributed by atoms with Crippen LogP contribution in [0.3, 0.4) is 0 Å². The summed E-state index contributed by atoms with van der Waals surface area (Å²) in [6.45, 7) is 35.7. The molecule has 0 fully saturated rings. The number of ether oxygens (including phenoxy) is 8. The van der Waals surface area contributed by atoms with E-state index < -0.39 is 85.5 Å². The molecule has 2 aromatic carbocycles. The van der Waals surface area contributed by atoms with Gasteiger partial charge in [-0.1, -0.05) is 55.9 Å². The number of phosphoric ester groups is 1. The van der Waals surface area contributed by atoms with E-state index in [0.29, 0.717) is 72.1 Å². The van der Waals surface area contributed by atoms with Gasteiger partial charge in [-0.3, -0.25) is 37.8 Å². The minimum absolute atomic E-state index is 0. The maximum Gasteiger partial charge on any atom is 0.472 e. The Morgan fingerprint density at radius 1 is 0.516 bits per heavy atom. The minimum atomic E-state index is -4.52.